The van der Waals surface area contributed by atoms with Crippen molar-refractivity contribution in [2.45, 2.75) is 33.1 Å². The van der Waals surface area contributed by atoms with Gasteiger partial charge in [-0.15, -0.1) is 0 Å². The van der Waals surface area contributed by atoms with Crippen LogP contribution in [0.2, 0.25) is 0 Å². The monoisotopic (exact) mass is 411 g/mol. The van der Waals surface area contributed by atoms with Crippen LogP contribution in [0.3, 0.4) is 0 Å². The van der Waals surface area contributed by atoms with E-state index in [1.54, 1.807) is 17.0 Å². The average Bonchev–Trinajstić information content (AvgIpc) is 2.61. The second kappa shape index (κ2) is 9.20. The Labute approximate surface area is 157 Å². The highest BCUT2D eigenvalue weighted by Gasteiger charge is 2.27. The number of halogens is 1. The summed E-state index contributed by atoms with van der Waals surface area (Å²) in [5, 5.41) is 0. The number of hydrazine groups is 1. The number of nitrogens with two attached hydrogens (primary N) is 1. The quantitative estimate of drug-likeness (QED) is 0.428. The standard InChI is InChI=1S/C18H26BrN3O3/c1-12(2)7-10-25-16-4-3-14(11-15(16)19)18(24)22-8-5-13(6-9-22)17(23)21-20/h3-4,11-13H,5-10,20H2,1-2H3,(H,21,23). The van der Waals surface area contributed by atoms with Crippen molar-refractivity contribution in [3.8, 4) is 5.75 Å². The van der Waals surface area contributed by atoms with Gasteiger partial charge >= 0.3 is 0 Å². The van der Waals surface area contributed by atoms with Crippen LogP contribution in [0, 0.1) is 11.8 Å². The Balaban J connectivity index is 1.94. The van der Waals surface area contributed by atoms with Crippen molar-refractivity contribution >= 4 is 27.7 Å². The van der Waals surface area contributed by atoms with Crippen molar-refractivity contribution in [1.29, 1.82) is 0 Å². The Morgan fingerprint density at radius 3 is 2.60 bits per heavy atom. The van der Waals surface area contributed by atoms with E-state index in [2.05, 4.69) is 35.2 Å². The highest BCUT2D eigenvalue weighted by atomic mass is 79.9. The number of nitrogens with one attached hydrogen (secondary N) is 1. The lowest BCUT2D eigenvalue weighted by Crippen LogP contribution is -2.44. The maximum Gasteiger partial charge on any atom is 0.253 e. The van der Waals surface area contributed by atoms with Crippen molar-refractivity contribution in [2.75, 3.05) is 19.7 Å². The number of hydrogen-bond acceptors (Lipinski definition) is 4. The zero-order valence-electron chi connectivity index (χ0n) is 14.8. The molecule has 1 fully saturated rings. The Hall–Kier alpha value is -1.60. The van der Waals surface area contributed by atoms with E-state index in [1.165, 1.54) is 0 Å². The third-order valence-corrected chi connectivity index (χ3v) is 5.05. The molecule has 1 aromatic rings. The molecule has 0 atom stereocenters. The van der Waals surface area contributed by atoms with Crippen LogP contribution in [0.1, 0.15) is 43.5 Å². The molecule has 0 aromatic heterocycles. The van der Waals surface area contributed by atoms with Gasteiger partial charge in [-0.3, -0.25) is 15.0 Å². The molecule has 0 bridgehead atoms. The van der Waals surface area contributed by atoms with Crippen molar-refractivity contribution in [3.05, 3.63) is 28.2 Å². The Bertz CT molecular complexity index is 614. The molecule has 1 aliphatic rings. The summed E-state index contributed by atoms with van der Waals surface area (Å²) in [6, 6.07) is 5.41. The van der Waals surface area contributed by atoms with Crippen LogP contribution in [0.25, 0.3) is 0 Å². The second-order valence-electron chi connectivity index (χ2n) is 6.75. The van der Waals surface area contributed by atoms with Gasteiger partial charge in [0.25, 0.3) is 5.91 Å². The van der Waals surface area contributed by atoms with Crippen molar-refractivity contribution < 1.29 is 14.3 Å². The highest BCUT2D eigenvalue weighted by molar-refractivity contribution is 9.10. The lowest BCUT2D eigenvalue weighted by atomic mass is 9.95. The topological polar surface area (TPSA) is 84.7 Å². The fraction of sp³-hybridized carbons (Fsp3) is 0.556. The van der Waals surface area contributed by atoms with E-state index in [-0.39, 0.29) is 17.7 Å². The minimum Gasteiger partial charge on any atom is -0.492 e. The van der Waals surface area contributed by atoms with Gasteiger partial charge in [-0.25, -0.2) is 5.84 Å². The molecule has 0 radical (unpaired) electrons. The number of piperidine rings is 1. The van der Waals surface area contributed by atoms with Gasteiger partial charge < -0.3 is 9.64 Å². The number of nitrogens with zero attached hydrogens (tertiary/aromatic N) is 1. The fourth-order valence-corrected chi connectivity index (χ4v) is 3.29. The first-order chi connectivity index (χ1) is 11.9. The summed E-state index contributed by atoms with van der Waals surface area (Å²) >= 11 is 3.48. The molecule has 6 nitrogen and oxygen atoms in total. The smallest absolute Gasteiger partial charge is 0.253 e. The summed E-state index contributed by atoms with van der Waals surface area (Å²) in [6.45, 7) is 6.07. The van der Waals surface area contributed by atoms with Crippen LogP contribution in [0.15, 0.2) is 22.7 Å². The number of benzene rings is 1. The van der Waals surface area contributed by atoms with Gasteiger partial charge in [0.05, 0.1) is 11.1 Å². The summed E-state index contributed by atoms with van der Waals surface area (Å²) in [7, 11) is 0. The molecule has 0 saturated carbocycles. The molecule has 1 aromatic carbocycles. The van der Waals surface area contributed by atoms with E-state index in [9.17, 15) is 9.59 Å². The SMILES string of the molecule is CC(C)CCOc1ccc(C(=O)N2CCC(C(=O)NN)CC2)cc1Br. The van der Waals surface area contributed by atoms with Crippen LogP contribution < -0.4 is 16.0 Å². The van der Waals surface area contributed by atoms with E-state index in [0.29, 0.717) is 44.0 Å². The number of carbonyl (C=O) groups excluding carboxylic acids is 2. The van der Waals surface area contributed by atoms with Crippen LogP contribution in [0.4, 0.5) is 0 Å². The van der Waals surface area contributed by atoms with Gasteiger partial charge in [-0.05, 0) is 59.3 Å². The molecule has 0 spiro atoms. The molecule has 0 aliphatic carbocycles. The fourth-order valence-electron chi connectivity index (χ4n) is 2.80. The lowest BCUT2D eigenvalue weighted by Gasteiger charge is -2.31. The Kier molecular flexibility index (Phi) is 7.25. The Morgan fingerprint density at radius 1 is 1.36 bits per heavy atom. The first-order valence-electron chi connectivity index (χ1n) is 8.64. The molecule has 2 rings (SSSR count). The van der Waals surface area contributed by atoms with Gasteiger partial charge in [-0.1, -0.05) is 13.8 Å². The molecule has 1 saturated heterocycles. The van der Waals surface area contributed by atoms with E-state index in [4.69, 9.17) is 10.6 Å². The molecule has 1 aliphatic heterocycles. The molecule has 7 heteroatoms. The summed E-state index contributed by atoms with van der Waals surface area (Å²) in [4.78, 5) is 26.0. The van der Waals surface area contributed by atoms with Crippen molar-refractivity contribution in [1.82, 2.24) is 10.3 Å². The molecule has 0 unspecified atom stereocenters. The second-order valence-corrected chi connectivity index (χ2v) is 7.61. The average molecular weight is 412 g/mol. The molecule has 138 valence electrons. The molecule has 3 N–H and O–H groups in total. The zero-order chi connectivity index (χ0) is 18.4. The first-order valence-corrected chi connectivity index (χ1v) is 9.43. The van der Waals surface area contributed by atoms with E-state index < -0.39 is 0 Å². The maximum absolute atomic E-state index is 12.7. The summed E-state index contributed by atoms with van der Waals surface area (Å²) in [5.41, 5.74) is 2.80. The minimum absolute atomic E-state index is 0.0268. The summed E-state index contributed by atoms with van der Waals surface area (Å²) in [6.07, 6.45) is 2.25. The van der Waals surface area contributed by atoms with E-state index in [0.717, 1.165) is 16.6 Å². The third kappa shape index (κ3) is 5.44. The van der Waals surface area contributed by atoms with Crippen LogP contribution in [-0.4, -0.2) is 36.4 Å². The maximum atomic E-state index is 12.7. The molecule has 1 heterocycles. The summed E-state index contributed by atoms with van der Waals surface area (Å²) in [5.74, 6) is 6.21. The van der Waals surface area contributed by atoms with Gasteiger partial charge in [0.2, 0.25) is 5.91 Å². The van der Waals surface area contributed by atoms with Gasteiger partial charge in [0, 0.05) is 24.6 Å². The van der Waals surface area contributed by atoms with Crippen molar-refractivity contribution in [2.24, 2.45) is 17.7 Å². The van der Waals surface area contributed by atoms with E-state index >= 15 is 0 Å². The highest BCUT2D eigenvalue weighted by Crippen LogP contribution is 2.28. The zero-order valence-corrected chi connectivity index (χ0v) is 16.3. The van der Waals surface area contributed by atoms with Gasteiger partial charge in [-0.2, -0.15) is 0 Å². The minimum atomic E-state index is -0.155. The number of carbonyl (C=O) groups is 2. The van der Waals surface area contributed by atoms with Crippen LogP contribution in [0.5, 0.6) is 5.75 Å². The number of likely N-dealkylation sites (tertiary alicyclic amines) is 1. The summed E-state index contributed by atoms with van der Waals surface area (Å²) < 4.78 is 6.53. The van der Waals surface area contributed by atoms with E-state index in [1.807, 2.05) is 6.07 Å². The van der Waals surface area contributed by atoms with Crippen molar-refractivity contribution in [3.63, 3.8) is 0 Å². The van der Waals surface area contributed by atoms with Gasteiger partial charge in [0.1, 0.15) is 5.75 Å². The molecular weight excluding hydrogens is 386 g/mol. The number of hydrogen-bond donors (Lipinski definition) is 2. The third-order valence-electron chi connectivity index (χ3n) is 4.43. The van der Waals surface area contributed by atoms with Gasteiger partial charge in [0.15, 0.2) is 0 Å². The van der Waals surface area contributed by atoms with Crippen LogP contribution >= 0.6 is 15.9 Å². The largest absolute Gasteiger partial charge is 0.492 e. The first kappa shape index (κ1) is 19.7. The predicted octanol–water partition coefficient (Wildman–Crippen LogP) is 2.72. The molecule has 25 heavy (non-hydrogen) atoms. The predicted molar refractivity (Wildman–Crippen MR) is 100 cm³/mol. The number of ether oxygens (including phenoxy) is 1. The number of amides is 2. The lowest BCUT2D eigenvalue weighted by molar-refractivity contribution is -0.126. The normalized spacial score (nSPS) is 15.3. The molecular formula is C18H26BrN3O3. The molecule has 2 amide bonds. The van der Waals surface area contributed by atoms with Crippen LogP contribution in [-0.2, 0) is 4.79 Å². The number of rotatable bonds is 6. The Morgan fingerprint density at radius 2 is 2.04 bits per heavy atom.